The number of hydrogen-bond donors (Lipinski definition) is 2. The summed E-state index contributed by atoms with van der Waals surface area (Å²) < 4.78 is 0. The predicted molar refractivity (Wildman–Crippen MR) is 92.4 cm³/mol. The monoisotopic (exact) mass is 340 g/mol. The van der Waals surface area contributed by atoms with Crippen molar-refractivity contribution in [3.63, 3.8) is 0 Å². The molecule has 2 saturated heterocycles. The van der Waals surface area contributed by atoms with Crippen molar-refractivity contribution < 1.29 is 9.59 Å². The molecule has 3 fully saturated rings. The normalized spacial score (nSPS) is 26.9. The molecule has 2 N–H and O–H groups in total. The number of rotatable bonds is 2. The summed E-state index contributed by atoms with van der Waals surface area (Å²) in [6.07, 6.45) is 6.81. The van der Waals surface area contributed by atoms with Crippen LogP contribution in [0.2, 0.25) is 0 Å². The highest BCUT2D eigenvalue weighted by Gasteiger charge is 2.29. The number of amides is 3. The molecule has 2 aliphatic heterocycles. The summed E-state index contributed by atoms with van der Waals surface area (Å²) in [5, 5.41) is 6.42. The van der Waals surface area contributed by atoms with Crippen LogP contribution in [-0.4, -0.2) is 71.6 Å². The van der Waals surface area contributed by atoms with Crippen LogP contribution in [0, 0.1) is 0 Å². The van der Waals surface area contributed by atoms with E-state index in [0.29, 0.717) is 19.1 Å². The summed E-state index contributed by atoms with van der Waals surface area (Å²) in [6.45, 7) is 2.80. The molecule has 0 aromatic carbocycles. The van der Waals surface area contributed by atoms with Gasteiger partial charge in [0.25, 0.3) is 0 Å². The van der Waals surface area contributed by atoms with Crippen LogP contribution in [0.4, 0.5) is 4.79 Å². The van der Waals surface area contributed by atoms with Gasteiger partial charge in [-0.3, -0.25) is 10.1 Å². The summed E-state index contributed by atoms with van der Waals surface area (Å²) in [7, 11) is 0. The number of nitrogens with one attached hydrogen (secondary N) is 2. The zero-order valence-electron chi connectivity index (χ0n) is 13.8. The molecule has 0 aromatic heterocycles. The highest BCUT2D eigenvalue weighted by atomic mass is 32.2. The summed E-state index contributed by atoms with van der Waals surface area (Å²) in [4.78, 5) is 28.7. The average Bonchev–Trinajstić information content (AvgIpc) is 2.99. The number of carbonyl (C=O) groups is 2. The molecule has 0 aromatic rings. The Morgan fingerprint density at radius 1 is 0.957 bits per heavy atom. The molecular weight excluding hydrogens is 312 g/mol. The minimum Gasteiger partial charge on any atom is -0.339 e. The molecule has 0 spiro atoms. The standard InChI is InChI=1S/C16H28N4O2S/c21-15(14-11-23-12-17-14)19-7-4-8-20(10-9-19)16(22)18-13-5-2-1-3-6-13/h13-14,17H,1-12H2,(H,18,22). The zero-order chi connectivity index (χ0) is 16.1. The Labute approximate surface area is 142 Å². The molecule has 3 rings (SSSR count). The maximum absolute atomic E-state index is 12.5. The molecule has 1 unspecified atom stereocenters. The second-order valence-electron chi connectivity index (χ2n) is 6.72. The van der Waals surface area contributed by atoms with Crippen LogP contribution in [0.5, 0.6) is 0 Å². The lowest BCUT2D eigenvalue weighted by molar-refractivity contribution is -0.132. The number of thioether (sulfide) groups is 1. The Morgan fingerprint density at radius 2 is 1.70 bits per heavy atom. The van der Waals surface area contributed by atoms with E-state index in [0.717, 1.165) is 44.0 Å². The fraction of sp³-hybridized carbons (Fsp3) is 0.875. The Bertz CT molecular complexity index is 422. The Kier molecular flexibility index (Phi) is 6.05. The first-order valence-corrected chi connectivity index (χ1v) is 10.0. The number of hydrogen-bond acceptors (Lipinski definition) is 4. The van der Waals surface area contributed by atoms with E-state index in [1.807, 2.05) is 9.80 Å². The molecule has 23 heavy (non-hydrogen) atoms. The van der Waals surface area contributed by atoms with Crippen molar-refractivity contribution in [1.82, 2.24) is 20.4 Å². The highest BCUT2D eigenvalue weighted by molar-refractivity contribution is 7.99. The molecule has 0 bridgehead atoms. The molecule has 6 nitrogen and oxygen atoms in total. The van der Waals surface area contributed by atoms with E-state index in [2.05, 4.69) is 10.6 Å². The fourth-order valence-electron chi connectivity index (χ4n) is 3.63. The van der Waals surface area contributed by atoms with Crippen LogP contribution in [0.25, 0.3) is 0 Å². The SMILES string of the molecule is O=C(NC1CCCCC1)N1CCCN(C(=O)C2CSCN2)CC1. The number of carbonyl (C=O) groups excluding carboxylic acids is 2. The van der Waals surface area contributed by atoms with Gasteiger partial charge in [-0.25, -0.2) is 4.79 Å². The van der Waals surface area contributed by atoms with Crippen molar-refractivity contribution in [3.05, 3.63) is 0 Å². The minimum atomic E-state index is -0.0392. The van der Waals surface area contributed by atoms with Gasteiger partial charge in [0.05, 0.1) is 6.04 Å². The third-order valence-electron chi connectivity index (χ3n) is 5.04. The van der Waals surface area contributed by atoms with Gasteiger partial charge in [-0.15, -0.1) is 11.8 Å². The minimum absolute atomic E-state index is 0.0392. The Balaban J connectivity index is 1.47. The lowest BCUT2D eigenvalue weighted by Crippen LogP contribution is -2.48. The van der Waals surface area contributed by atoms with E-state index in [1.165, 1.54) is 19.3 Å². The van der Waals surface area contributed by atoms with Gasteiger partial charge in [-0.05, 0) is 19.3 Å². The molecular formula is C16H28N4O2S. The average molecular weight is 340 g/mol. The summed E-state index contributed by atoms with van der Waals surface area (Å²) in [5.41, 5.74) is 0. The van der Waals surface area contributed by atoms with E-state index in [-0.39, 0.29) is 18.0 Å². The van der Waals surface area contributed by atoms with E-state index in [1.54, 1.807) is 11.8 Å². The Hall–Kier alpha value is -0.950. The topological polar surface area (TPSA) is 64.7 Å². The van der Waals surface area contributed by atoms with E-state index < -0.39 is 0 Å². The van der Waals surface area contributed by atoms with Crippen LogP contribution in [0.15, 0.2) is 0 Å². The molecule has 130 valence electrons. The third-order valence-corrected chi connectivity index (χ3v) is 5.98. The maximum Gasteiger partial charge on any atom is 0.317 e. The van der Waals surface area contributed by atoms with Gasteiger partial charge in [-0.2, -0.15) is 0 Å². The number of urea groups is 1. The van der Waals surface area contributed by atoms with Crippen molar-refractivity contribution in [2.24, 2.45) is 0 Å². The summed E-state index contributed by atoms with van der Waals surface area (Å²) in [5.74, 6) is 1.92. The second kappa shape index (κ2) is 8.24. The molecule has 1 aliphatic carbocycles. The largest absolute Gasteiger partial charge is 0.339 e. The molecule has 3 amide bonds. The molecule has 3 aliphatic rings. The lowest BCUT2D eigenvalue weighted by Gasteiger charge is -2.28. The van der Waals surface area contributed by atoms with E-state index in [9.17, 15) is 9.59 Å². The van der Waals surface area contributed by atoms with Crippen molar-refractivity contribution in [1.29, 1.82) is 0 Å². The highest BCUT2D eigenvalue weighted by Crippen LogP contribution is 2.18. The second-order valence-corrected chi connectivity index (χ2v) is 7.75. The van der Waals surface area contributed by atoms with Crippen LogP contribution < -0.4 is 10.6 Å². The van der Waals surface area contributed by atoms with Crippen LogP contribution in [0.3, 0.4) is 0 Å². The van der Waals surface area contributed by atoms with Crippen LogP contribution >= 0.6 is 11.8 Å². The zero-order valence-corrected chi connectivity index (χ0v) is 14.6. The van der Waals surface area contributed by atoms with Crippen LogP contribution in [0.1, 0.15) is 38.5 Å². The van der Waals surface area contributed by atoms with Crippen molar-refractivity contribution in [3.8, 4) is 0 Å². The molecule has 7 heteroatoms. The van der Waals surface area contributed by atoms with Crippen molar-refractivity contribution in [2.75, 3.05) is 37.8 Å². The van der Waals surface area contributed by atoms with E-state index >= 15 is 0 Å². The first-order chi connectivity index (χ1) is 11.2. The van der Waals surface area contributed by atoms with Gasteiger partial charge in [0.2, 0.25) is 5.91 Å². The van der Waals surface area contributed by atoms with Gasteiger partial charge >= 0.3 is 6.03 Å². The summed E-state index contributed by atoms with van der Waals surface area (Å²) in [6, 6.07) is 0.361. The quantitative estimate of drug-likeness (QED) is 0.793. The van der Waals surface area contributed by atoms with Crippen molar-refractivity contribution >= 4 is 23.7 Å². The molecule has 1 atom stereocenters. The van der Waals surface area contributed by atoms with E-state index in [4.69, 9.17) is 0 Å². The van der Waals surface area contributed by atoms with Gasteiger partial charge in [0.15, 0.2) is 0 Å². The molecule has 1 saturated carbocycles. The molecule has 0 radical (unpaired) electrons. The first kappa shape index (κ1) is 16.9. The van der Waals surface area contributed by atoms with Crippen LogP contribution in [-0.2, 0) is 4.79 Å². The Morgan fingerprint density at radius 3 is 2.43 bits per heavy atom. The summed E-state index contributed by atoms with van der Waals surface area (Å²) >= 11 is 1.77. The van der Waals surface area contributed by atoms with Gasteiger partial charge in [0, 0.05) is 43.9 Å². The van der Waals surface area contributed by atoms with Gasteiger partial charge in [0.1, 0.15) is 0 Å². The number of nitrogens with zero attached hydrogens (tertiary/aromatic N) is 2. The third kappa shape index (κ3) is 4.53. The smallest absolute Gasteiger partial charge is 0.317 e. The van der Waals surface area contributed by atoms with Gasteiger partial charge < -0.3 is 15.1 Å². The first-order valence-electron chi connectivity index (χ1n) is 8.89. The molecule has 2 heterocycles. The predicted octanol–water partition coefficient (Wildman–Crippen LogP) is 1.23. The fourth-order valence-corrected chi connectivity index (χ4v) is 4.56. The van der Waals surface area contributed by atoms with Gasteiger partial charge in [-0.1, -0.05) is 19.3 Å². The maximum atomic E-state index is 12.5. The lowest BCUT2D eigenvalue weighted by atomic mass is 9.96. The van der Waals surface area contributed by atoms with Crippen molar-refractivity contribution in [2.45, 2.75) is 50.6 Å².